The average molecular weight is 164 g/mol. The molecule has 0 amide bonds. The molecule has 0 aromatic rings. The minimum Gasteiger partial charge on any atom is -0.478 e. The van der Waals surface area contributed by atoms with Crippen molar-refractivity contribution in [2.75, 3.05) is 0 Å². The number of carboxylic acid groups (broad SMARTS) is 1. The second-order valence-corrected chi connectivity index (χ2v) is 1.28. The molecule has 0 heterocycles. The second-order valence-electron chi connectivity index (χ2n) is 1.28. The van der Waals surface area contributed by atoms with Crippen molar-refractivity contribution in [1.82, 2.24) is 0 Å². The number of carboxylic acids is 1. The molecule has 51 valence electrons. The number of aliphatic carboxylic acids is 1. The van der Waals surface area contributed by atoms with E-state index in [1.54, 1.807) is 19.9 Å². The summed E-state index contributed by atoms with van der Waals surface area (Å²) in [5.74, 6) is -0.845. The molecule has 0 rings (SSSR count). The summed E-state index contributed by atoms with van der Waals surface area (Å²) >= 11 is 0. The molecular formula is C5H8CuO2. The van der Waals surface area contributed by atoms with Gasteiger partial charge in [0.2, 0.25) is 0 Å². The summed E-state index contributed by atoms with van der Waals surface area (Å²) in [5.41, 5.74) is 0.389. The quantitative estimate of drug-likeness (QED) is 0.463. The van der Waals surface area contributed by atoms with Crippen LogP contribution in [0, 0.1) is 0 Å². The first-order chi connectivity index (χ1) is 3.18. The largest absolute Gasteiger partial charge is 0.478 e. The van der Waals surface area contributed by atoms with Crippen LogP contribution < -0.4 is 0 Å². The average Bonchev–Trinajstić information content (AvgIpc) is 1.65. The van der Waals surface area contributed by atoms with Gasteiger partial charge in [-0.1, -0.05) is 6.08 Å². The molecule has 0 saturated heterocycles. The van der Waals surface area contributed by atoms with Crippen molar-refractivity contribution in [1.29, 1.82) is 0 Å². The molecule has 0 aromatic heterocycles. The summed E-state index contributed by atoms with van der Waals surface area (Å²) in [4.78, 5) is 9.86. The van der Waals surface area contributed by atoms with E-state index in [1.807, 2.05) is 0 Å². The first-order valence-corrected chi connectivity index (χ1v) is 2.04. The summed E-state index contributed by atoms with van der Waals surface area (Å²) in [6, 6.07) is 0. The molecule has 0 atom stereocenters. The molecule has 0 unspecified atom stereocenters. The van der Waals surface area contributed by atoms with Crippen molar-refractivity contribution < 1.29 is 27.0 Å². The molecule has 3 heteroatoms. The third kappa shape index (κ3) is 3.90. The van der Waals surface area contributed by atoms with E-state index in [2.05, 4.69) is 0 Å². The van der Waals surface area contributed by atoms with Crippen LogP contribution in [0.4, 0.5) is 0 Å². The van der Waals surface area contributed by atoms with Gasteiger partial charge >= 0.3 is 5.97 Å². The number of hydrogen-bond donors (Lipinski definition) is 1. The van der Waals surface area contributed by atoms with E-state index >= 15 is 0 Å². The van der Waals surface area contributed by atoms with Gasteiger partial charge in [0.1, 0.15) is 0 Å². The Morgan fingerprint density at radius 1 is 1.62 bits per heavy atom. The predicted molar refractivity (Wildman–Crippen MR) is 27.1 cm³/mol. The monoisotopic (exact) mass is 163 g/mol. The van der Waals surface area contributed by atoms with E-state index in [1.165, 1.54) is 0 Å². The molecular weight excluding hydrogens is 156 g/mol. The van der Waals surface area contributed by atoms with Crippen LogP contribution in [0.3, 0.4) is 0 Å². The maximum absolute atomic E-state index is 9.86. The van der Waals surface area contributed by atoms with Crippen molar-refractivity contribution >= 4 is 5.97 Å². The van der Waals surface area contributed by atoms with E-state index in [0.717, 1.165) is 0 Å². The van der Waals surface area contributed by atoms with Crippen LogP contribution in [0.15, 0.2) is 11.6 Å². The predicted octanol–water partition coefficient (Wildman–Crippen LogP) is 1.03. The third-order valence-corrected chi connectivity index (χ3v) is 0.770. The fraction of sp³-hybridized carbons (Fsp3) is 0.400. The molecule has 8 heavy (non-hydrogen) atoms. The summed E-state index contributed by atoms with van der Waals surface area (Å²) in [6.45, 7) is 3.26. The SMILES string of the molecule is CC=C(C)C(=O)O.[Cu]. The maximum atomic E-state index is 9.86. The second kappa shape index (κ2) is 4.88. The fourth-order valence-electron chi connectivity index (χ4n) is 0.123. The smallest absolute Gasteiger partial charge is 0.330 e. The zero-order valence-electron chi connectivity index (χ0n) is 4.73. The van der Waals surface area contributed by atoms with Gasteiger partial charge in [-0.2, -0.15) is 0 Å². The summed E-state index contributed by atoms with van der Waals surface area (Å²) in [6.07, 6.45) is 1.56. The standard InChI is InChI=1S/C5H8O2.Cu/c1-3-4(2)5(6)7;/h3H,1-2H3,(H,6,7);. The van der Waals surface area contributed by atoms with Gasteiger partial charge in [-0.25, -0.2) is 4.79 Å². The molecule has 1 radical (unpaired) electrons. The van der Waals surface area contributed by atoms with E-state index in [-0.39, 0.29) is 17.1 Å². The Hall–Kier alpha value is -0.271. The molecule has 0 aliphatic carbocycles. The van der Waals surface area contributed by atoms with Gasteiger partial charge in [-0.15, -0.1) is 0 Å². The van der Waals surface area contributed by atoms with Gasteiger partial charge < -0.3 is 5.11 Å². The summed E-state index contributed by atoms with van der Waals surface area (Å²) < 4.78 is 0. The van der Waals surface area contributed by atoms with Gasteiger partial charge in [-0.05, 0) is 13.8 Å². The van der Waals surface area contributed by atoms with Crippen molar-refractivity contribution in [3.63, 3.8) is 0 Å². The Labute approximate surface area is 59.1 Å². The van der Waals surface area contributed by atoms with Gasteiger partial charge in [-0.3, -0.25) is 0 Å². The normalized spacial score (nSPS) is 10.0. The van der Waals surface area contributed by atoms with Crippen molar-refractivity contribution in [3.8, 4) is 0 Å². The molecule has 0 saturated carbocycles. The maximum Gasteiger partial charge on any atom is 0.330 e. The van der Waals surface area contributed by atoms with Crippen LogP contribution in [0.1, 0.15) is 13.8 Å². The van der Waals surface area contributed by atoms with Gasteiger partial charge in [0.05, 0.1) is 0 Å². The van der Waals surface area contributed by atoms with Crippen LogP contribution in [-0.2, 0) is 21.9 Å². The van der Waals surface area contributed by atoms with Crippen molar-refractivity contribution in [2.24, 2.45) is 0 Å². The fourth-order valence-corrected chi connectivity index (χ4v) is 0.123. The van der Waals surface area contributed by atoms with Gasteiger partial charge in [0.15, 0.2) is 0 Å². The Bertz CT molecular complexity index is 107. The first-order valence-electron chi connectivity index (χ1n) is 2.04. The molecule has 0 aliphatic heterocycles. The molecule has 1 N–H and O–H groups in total. The van der Waals surface area contributed by atoms with Crippen LogP contribution in [0.5, 0.6) is 0 Å². The van der Waals surface area contributed by atoms with Gasteiger partial charge in [0, 0.05) is 22.6 Å². The number of rotatable bonds is 1. The molecule has 0 fully saturated rings. The number of hydrogen-bond acceptors (Lipinski definition) is 1. The topological polar surface area (TPSA) is 37.3 Å². The summed E-state index contributed by atoms with van der Waals surface area (Å²) in [5, 5.41) is 8.11. The van der Waals surface area contributed by atoms with Crippen molar-refractivity contribution in [2.45, 2.75) is 13.8 Å². The Morgan fingerprint density at radius 2 is 2.00 bits per heavy atom. The molecule has 2 nitrogen and oxygen atoms in total. The Balaban J connectivity index is 0. The Kier molecular flexibility index (Phi) is 6.50. The van der Waals surface area contributed by atoms with Crippen molar-refractivity contribution in [3.05, 3.63) is 11.6 Å². The van der Waals surface area contributed by atoms with Crippen LogP contribution in [-0.4, -0.2) is 11.1 Å². The van der Waals surface area contributed by atoms with E-state index in [0.29, 0.717) is 5.57 Å². The van der Waals surface area contributed by atoms with E-state index in [4.69, 9.17) is 5.11 Å². The number of allylic oxidation sites excluding steroid dienone is 1. The third-order valence-electron chi connectivity index (χ3n) is 0.770. The number of carbonyl (C=O) groups is 1. The molecule has 0 aromatic carbocycles. The molecule has 0 bridgehead atoms. The zero-order valence-corrected chi connectivity index (χ0v) is 5.68. The van der Waals surface area contributed by atoms with Gasteiger partial charge in [0.25, 0.3) is 0 Å². The zero-order chi connectivity index (χ0) is 5.86. The van der Waals surface area contributed by atoms with Crippen LogP contribution in [0.25, 0.3) is 0 Å². The van der Waals surface area contributed by atoms with E-state index in [9.17, 15) is 4.79 Å². The Morgan fingerprint density at radius 3 is 2.00 bits per heavy atom. The van der Waals surface area contributed by atoms with E-state index < -0.39 is 5.97 Å². The van der Waals surface area contributed by atoms with Crippen LogP contribution >= 0.6 is 0 Å². The molecule has 0 spiro atoms. The van der Waals surface area contributed by atoms with Crippen LogP contribution in [0.2, 0.25) is 0 Å². The molecule has 0 aliphatic rings. The summed E-state index contributed by atoms with van der Waals surface area (Å²) in [7, 11) is 0. The minimum absolute atomic E-state index is 0. The first kappa shape index (κ1) is 10.7. The minimum atomic E-state index is -0.845.